The lowest BCUT2D eigenvalue weighted by Crippen LogP contribution is -2.18. The van der Waals surface area contributed by atoms with Crippen molar-refractivity contribution >= 4 is 6.29 Å². The maximum atomic E-state index is 10.5. The number of nitrogens with zero attached hydrogens (tertiary/aromatic N) is 1. The van der Waals surface area contributed by atoms with E-state index in [2.05, 4.69) is 0 Å². The third kappa shape index (κ3) is 6.02. The molecule has 0 rings (SSSR count). The van der Waals surface area contributed by atoms with Crippen molar-refractivity contribution in [2.24, 2.45) is 0 Å². The van der Waals surface area contributed by atoms with Gasteiger partial charge in [-0.3, -0.25) is 10.1 Å². The van der Waals surface area contributed by atoms with E-state index in [1.165, 1.54) is 0 Å². The Bertz CT molecular complexity index is 207. The molecule has 0 saturated carbocycles. The van der Waals surface area contributed by atoms with Crippen molar-refractivity contribution in [3.05, 3.63) is 21.8 Å². The van der Waals surface area contributed by atoms with E-state index >= 15 is 0 Å². The highest BCUT2D eigenvalue weighted by atomic mass is 16.6. The van der Waals surface area contributed by atoms with Gasteiger partial charge in [-0.2, -0.15) is 0 Å². The lowest BCUT2D eigenvalue weighted by atomic mass is 10.1. The summed E-state index contributed by atoms with van der Waals surface area (Å²) in [6.07, 6.45) is 3.57. The maximum absolute atomic E-state index is 10.5. The average molecular weight is 185 g/mol. The molecular weight excluding hydrogens is 170 g/mol. The number of nitro groups is 1. The molecule has 1 atom stereocenters. The van der Waals surface area contributed by atoms with Crippen molar-refractivity contribution < 1.29 is 9.72 Å². The Hall–Kier alpha value is -1.19. The Kier molecular flexibility index (Phi) is 5.76. The van der Waals surface area contributed by atoms with Crippen LogP contribution in [-0.4, -0.2) is 17.3 Å². The molecule has 0 aromatic heterocycles. The first kappa shape index (κ1) is 11.8. The molecule has 0 amide bonds. The molecular formula is C9H15NO3. The summed E-state index contributed by atoms with van der Waals surface area (Å²) in [4.78, 5) is 20.2. The van der Waals surface area contributed by atoms with E-state index in [1.54, 1.807) is 0 Å². The van der Waals surface area contributed by atoms with Crippen molar-refractivity contribution in [2.45, 2.75) is 39.2 Å². The molecule has 0 spiro atoms. The first-order valence-corrected chi connectivity index (χ1v) is 4.28. The largest absolute Gasteiger partial charge is 0.303 e. The molecule has 4 heteroatoms. The van der Waals surface area contributed by atoms with E-state index < -0.39 is 6.04 Å². The lowest BCUT2D eigenvalue weighted by molar-refractivity contribution is -0.522. The minimum Gasteiger partial charge on any atom is -0.303 e. The molecule has 0 aliphatic carbocycles. The zero-order chi connectivity index (χ0) is 10.3. The van der Waals surface area contributed by atoms with E-state index in [1.807, 2.05) is 19.9 Å². The van der Waals surface area contributed by atoms with Gasteiger partial charge in [0.25, 0.3) is 0 Å². The van der Waals surface area contributed by atoms with Gasteiger partial charge in [-0.1, -0.05) is 11.6 Å². The summed E-state index contributed by atoms with van der Waals surface area (Å²) in [6.45, 7) is 3.80. The fourth-order valence-corrected chi connectivity index (χ4v) is 0.941. The third-order valence-corrected chi connectivity index (χ3v) is 1.71. The Morgan fingerprint density at radius 3 is 2.54 bits per heavy atom. The highest BCUT2D eigenvalue weighted by Gasteiger charge is 2.17. The number of carbonyl (C=O) groups excluding carboxylic acids is 1. The van der Waals surface area contributed by atoms with Gasteiger partial charge < -0.3 is 4.79 Å². The smallest absolute Gasteiger partial charge is 0.217 e. The molecule has 0 heterocycles. The second-order valence-corrected chi connectivity index (χ2v) is 3.20. The first-order valence-electron chi connectivity index (χ1n) is 4.28. The van der Waals surface area contributed by atoms with Crippen LogP contribution in [0.15, 0.2) is 11.6 Å². The first-order chi connectivity index (χ1) is 6.07. The molecule has 0 bridgehead atoms. The highest BCUT2D eigenvalue weighted by molar-refractivity contribution is 5.49. The Labute approximate surface area is 77.8 Å². The average Bonchev–Trinajstić information content (AvgIpc) is 2.03. The lowest BCUT2D eigenvalue weighted by Gasteiger charge is -2.04. The van der Waals surface area contributed by atoms with Gasteiger partial charge in [0.1, 0.15) is 6.29 Å². The summed E-state index contributed by atoms with van der Waals surface area (Å²) >= 11 is 0. The van der Waals surface area contributed by atoms with Gasteiger partial charge in [0.2, 0.25) is 6.04 Å². The molecule has 13 heavy (non-hydrogen) atoms. The molecule has 0 aliphatic heterocycles. The topological polar surface area (TPSA) is 60.2 Å². The van der Waals surface area contributed by atoms with E-state index in [-0.39, 0.29) is 11.3 Å². The Balaban J connectivity index is 4.02. The van der Waals surface area contributed by atoms with Crippen molar-refractivity contribution in [3.8, 4) is 0 Å². The van der Waals surface area contributed by atoms with Crippen LogP contribution in [0, 0.1) is 10.1 Å². The predicted molar refractivity (Wildman–Crippen MR) is 50.1 cm³/mol. The Morgan fingerprint density at radius 2 is 2.15 bits per heavy atom. The quantitative estimate of drug-likeness (QED) is 0.275. The molecule has 1 unspecified atom stereocenters. The molecule has 0 fully saturated rings. The minimum atomic E-state index is -0.611. The normalized spacial score (nSPS) is 11.8. The van der Waals surface area contributed by atoms with Gasteiger partial charge in [0.15, 0.2) is 0 Å². The fourth-order valence-electron chi connectivity index (χ4n) is 0.941. The zero-order valence-corrected chi connectivity index (χ0v) is 8.03. The zero-order valence-electron chi connectivity index (χ0n) is 8.03. The van der Waals surface area contributed by atoms with Crippen LogP contribution in [0.1, 0.15) is 33.1 Å². The third-order valence-electron chi connectivity index (χ3n) is 1.71. The number of hydrogen-bond donors (Lipinski definition) is 0. The molecule has 0 saturated heterocycles. The molecule has 0 aliphatic rings. The van der Waals surface area contributed by atoms with Crippen LogP contribution in [0.4, 0.5) is 0 Å². The summed E-state index contributed by atoms with van der Waals surface area (Å²) in [6, 6.07) is -0.611. The van der Waals surface area contributed by atoms with Gasteiger partial charge in [0, 0.05) is 24.2 Å². The molecule has 4 nitrogen and oxygen atoms in total. The van der Waals surface area contributed by atoms with E-state index in [0.29, 0.717) is 12.8 Å². The number of allylic oxidation sites excluding steroid dienone is 1. The molecule has 74 valence electrons. The van der Waals surface area contributed by atoms with E-state index in [9.17, 15) is 14.9 Å². The predicted octanol–water partition coefficient (Wildman–Crippen LogP) is 1.97. The van der Waals surface area contributed by atoms with Gasteiger partial charge in [-0.05, 0) is 13.8 Å². The van der Waals surface area contributed by atoms with Gasteiger partial charge in [0.05, 0.1) is 0 Å². The molecule has 0 N–H and O–H groups in total. The van der Waals surface area contributed by atoms with Crippen LogP contribution in [0.2, 0.25) is 0 Å². The summed E-state index contributed by atoms with van der Waals surface area (Å²) in [5, 5.41) is 10.5. The van der Waals surface area contributed by atoms with Crippen molar-refractivity contribution in [2.75, 3.05) is 0 Å². The summed E-state index contributed by atoms with van der Waals surface area (Å²) in [5.74, 6) is 0. The molecule has 0 radical (unpaired) electrons. The summed E-state index contributed by atoms with van der Waals surface area (Å²) < 4.78 is 0. The maximum Gasteiger partial charge on any atom is 0.217 e. The standard InChI is InChI=1S/C9H15NO3/c1-8(2)5-6-9(10(12)13)4-3-7-11/h5,7,9H,3-4,6H2,1-2H3. The van der Waals surface area contributed by atoms with Crippen molar-refractivity contribution in [1.29, 1.82) is 0 Å². The minimum absolute atomic E-state index is 0.266. The highest BCUT2D eigenvalue weighted by Crippen LogP contribution is 2.07. The van der Waals surface area contributed by atoms with Crippen molar-refractivity contribution in [1.82, 2.24) is 0 Å². The second kappa shape index (κ2) is 6.34. The molecule has 0 aromatic carbocycles. The Morgan fingerprint density at radius 1 is 1.54 bits per heavy atom. The number of carbonyl (C=O) groups is 1. The summed E-state index contributed by atoms with van der Waals surface area (Å²) in [5.41, 5.74) is 1.07. The summed E-state index contributed by atoms with van der Waals surface area (Å²) in [7, 11) is 0. The van der Waals surface area contributed by atoms with E-state index in [4.69, 9.17) is 0 Å². The fraction of sp³-hybridized carbons (Fsp3) is 0.667. The van der Waals surface area contributed by atoms with E-state index in [0.717, 1.165) is 11.9 Å². The SMILES string of the molecule is CC(C)=CCC(CCC=O)[N+](=O)[O-]. The van der Waals surface area contributed by atoms with Crippen LogP contribution in [-0.2, 0) is 4.79 Å². The number of aldehydes is 1. The molecule has 0 aromatic rings. The van der Waals surface area contributed by atoms with Crippen LogP contribution in [0.3, 0.4) is 0 Å². The number of hydrogen-bond acceptors (Lipinski definition) is 3. The monoisotopic (exact) mass is 185 g/mol. The van der Waals surface area contributed by atoms with Crippen LogP contribution < -0.4 is 0 Å². The van der Waals surface area contributed by atoms with Crippen molar-refractivity contribution in [3.63, 3.8) is 0 Å². The van der Waals surface area contributed by atoms with Crippen LogP contribution >= 0.6 is 0 Å². The van der Waals surface area contributed by atoms with Gasteiger partial charge in [-0.15, -0.1) is 0 Å². The van der Waals surface area contributed by atoms with Crippen LogP contribution in [0.25, 0.3) is 0 Å². The van der Waals surface area contributed by atoms with Crippen LogP contribution in [0.5, 0.6) is 0 Å². The van der Waals surface area contributed by atoms with Gasteiger partial charge in [-0.25, -0.2) is 0 Å². The second-order valence-electron chi connectivity index (χ2n) is 3.20. The number of rotatable bonds is 6. The van der Waals surface area contributed by atoms with Gasteiger partial charge >= 0.3 is 0 Å².